The number of nitrogens with one attached hydrogen (secondary N) is 1. The molecular weight excluding hydrogens is 384 g/mol. The third-order valence-corrected chi connectivity index (χ3v) is 4.69. The third-order valence-electron chi connectivity index (χ3n) is 4.46. The Morgan fingerprint density at radius 3 is 2.45 bits per heavy atom. The zero-order valence-electron chi connectivity index (χ0n) is 15.8. The topological polar surface area (TPSA) is 73.1 Å². The number of methoxy groups -OCH3 is 1. The first-order valence-electron chi connectivity index (χ1n) is 9.02. The van der Waals surface area contributed by atoms with Crippen LogP contribution in [0.2, 0.25) is 5.02 Å². The Kier molecular flexibility index (Phi) is 5.31. The molecule has 0 unspecified atom stereocenters. The highest BCUT2D eigenvalue weighted by atomic mass is 35.5. The van der Waals surface area contributed by atoms with Crippen LogP contribution < -0.4 is 15.8 Å². The molecule has 0 amide bonds. The molecule has 3 N–H and O–H groups in total. The molecule has 0 radical (unpaired) electrons. The van der Waals surface area contributed by atoms with Crippen molar-refractivity contribution in [1.82, 2.24) is 9.97 Å². The summed E-state index contributed by atoms with van der Waals surface area (Å²) in [4.78, 5) is 8.95. The molecule has 0 fully saturated rings. The van der Waals surface area contributed by atoms with Crippen molar-refractivity contribution in [2.45, 2.75) is 0 Å². The fourth-order valence-corrected chi connectivity index (χ4v) is 3.24. The highest BCUT2D eigenvalue weighted by molar-refractivity contribution is 6.30. The number of aromatic nitrogens is 2. The van der Waals surface area contributed by atoms with Gasteiger partial charge in [-0.05, 0) is 59.7 Å². The zero-order valence-corrected chi connectivity index (χ0v) is 16.5. The Morgan fingerprint density at radius 1 is 0.897 bits per heavy atom. The van der Waals surface area contributed by atoms with E-state index in [1.165, 1.54) is 0 Å². The number of nitrogen functional groups attached to an aromatic ring is 1. The van der Waals surface area contributed by atoms with Crippen molar-refractivity contribution in [3.63, 3.8) is 0 Å². The minimum atomic E-state index is 0.500. The van der Waals surface area contributed by atoms with Crippen LogP contribution in [0, 0.1) is 0 Å². The summed E-state index contributed by atoms with van der Waals surface area (Å²) in [5.74, 6) is 1.14. The van der Waals surface area contributed by atoms with E-state index in [-0.39, 0.29) is 0 Å². The van der Waals surface area contributed by atoms with Crippen LogP contribution in [-0.2, 0) is 0 Å². The summed E-state index contributed by atoms with van der Waals surface area (Å²) in [5, 5.41) is 3.97. The van der Waals surface area contributed by atoms with Gasteiger partial charge in [0, 0.05) is 22.5 Å². The molecule has 0 spiro atoms. The number of hydrogen-bond acceptors (Lipinski definition) is 5. The quantitative estimate of drug-likeness (QED) is 0.413. The Balaban J connectivity index is 1.60. The monoisotopic (exact) mass is 402 g/mol. The number of rotatable bonds is 5. The lowest BCUT2D eigenvalue weighted by molar-refractivity contribution is 0.417. The highest BCUT2D eigenvalue weighted by Crippen LogP contribution is 2.29. The van der Waals surface area contributed by atoms with E-state index in [1.54, 1.807) is 13.3 Å². The van der Waals surface area contributed by atoms with E-state index < -0.39 is 0 Å². The highest BCUT2D eigenvalue weighted by Gasteiger charge is 2.07. The van der Waals surface area contributed by atoms with Gasteiger partial charge in [0.1, 0.15) is 5.75 Å². The minimum Gasteiger partial charge on any atom is -0.495 e. The summed E-state index contributed by atoms with van der Waals surface area (Å²) in [6.07, 6.45) is 1.71. The molecule has 4 rings (SSSR count). The Hall–Kier alpha value is -3.57. The second-order valence-electron chi connectivity index (χ2n) is 6.44. The second kappa shape index (κ2) is 8.20. The van der Waals surface area contributed by atoms with Crippen LogP contribution in [0.5, 0.6) is 5.75 Å². The Bertz CT molecular complexity index is 1160. The molecule has 0 atom stereocenters. The van der Waals surface area contributed by atoms with E-state index in [1.807, 2.05) is 72.8 Å². The first-order valence-corrected chi connectivity index (χ1v) is 9.40. The maximum absolute atomic E-state index is 6.12. The van der Waals surface area contributed by atoms with Crippen molar-refractivity contribution in [3.8, 4) is 28.1 Å². The lowest BCUT2D eigenvalue weighted by atomic mass is 10.1. The molecule has 0 saturated heterocycles. The van der Waals surface area contributed by atoms with Crippen molar-refractivity contribution < 1.29 is 4.74 Å². The summed E-state index contributed by atoms with van der Waals surface area (Å²) in [6, 6.07) is 23.2. The lowest BCUT2D eigenvalue weighted by Gasteiger charge is -2.10. The van der Waals surface area contributed by atoms with Crippen molar-refractivity contribution in [2.24, 2.45) is 0 Å². The van der Waals surface area contributed by atoms with Crippen molar-refractivity contribution in [2.75, 3.05) is 18.2 Å². The molecule has 5 nitrogen and oxygen atoms in total. The van der Waals surface area contributed by atoms with Crippen molar-refractivity contribution >= 4 is 28.9 Å². The van der Waals surface area contributed by atoms with Gasteiger partial charge in [-0.15, -0.1) is 0 Å². The van der Waals surface area contributed by atoms with Crippen LogP contribution in [0.1, 0.15) is 0 Å². The first kappa shape index (κ1) is 18.8. The van der Waals surface area contributed by atoms with E-state index in [2.05, 4.69) is 15.3 Å². The summed E-state index contributed by atoms with van der Waals surface area (Å²) >= 11 is 6.12. The molecule has 0 aliphatic heterocycles. The summed E-state index contributed by atoms with van der Waals surface area (Å²) < 4.78 is 5.22. The van der Waals surface area contributed by atoms with Gasteiger partial charge in [0.25, 0.3) is 0 Å². The largest absolute Gasteiger partial charge is 0.495 e. The van der Waals surface area contributed by atoms with Gasteiger partial charge in [-0.1, -0.05) is 35.9 Å². The summed E-state index contributed by atoms with van der Waals surface area (Å²) in [5.41, 5.74) is 11.2. The SMILES string of the molecule is COc1ccc(-c2ccnc(Nc3cccc(-c4cccc(Cl)c4)c3)n2)cc1N. The number of ether oxygens (including phenoxy) is 1. The van der Waals surface area contributed by atoms with E-state index >= 15 is 0 Å². The maximum atomic E-state index is 6.12. The predicted molar refractivity (Wildman–Crippen MR) is 119 cm³/mol. The lowest BCUT2D eigenvalue weighted by Crippen LogP contribution is -1.99. The standard InChI is InChI=1S/C23H19ClN4O/c1-29-22-9-8-17(14-20(22)25)21-10-11-26-23(28-21)27-19-7-3-5-16(13-19)15-4-2-6-18(24)12-15/h2-14H,25H2,1H3,(H,26,27,28). The number of hydrogen-bond donors (Lipinski definition) is 2. The zero-order chi connectivity index (χ0) is 20.2. The Morgan fingerprint density at radius 2 is 1.69 bits per heavy atom. The molecular formula is C23H19ClN4O. The summed E-state index contributed by atoms with van der Waals surface area (Å²) in [6.45, 7) is 0. The molecule has 3 aromatic carbocycles. The van der Waals surface area contributed by atoms with Crippen LogP contribution in [0.3, 0.4) is 0 Å². The van der Waals surface area contributed by atoms with Gasteiger partial charge in [-0.2, -0.15) is 0 Å². The molecule has 29 heavy (non-hydrogen) atoms. The number of anilines is 3. The second-order valence-corrected chi connectivity index (χ2v) is 6.87. The molecule has 1 aromatic heterocycles. The van der Waals surface area contributed by atoms with Crippen molar-refractivity contribution in [3.05, 3.63) is 84.0 Å². The summed E-state index contributed by atoms with van der Waals surface area (Å²) in [7, 11) is 1.59. The number of halogens is 1. The molecule has 4 aromatic rings. The van der Waals surface area contributed by atoms with Gasteiger partial charge in [0.15, 0.2) is 0 Å². The number of nitrogens with two attached hydrogens (primary N) is 1. The number of nitrogens with zero attached hydrogens (tertiary/aromatic N) is 2. The van der Waals surface area contributed by atoms with Gasteiger partial charge in [0.05, 0.1) is 18.5 Å². The molecule has 0 aliphatic carbocycles. The van der Waals surface area contributed by atoms with Crippen LogP contribution in [0.4, 0.5) is 17.3 Å². The fraction of sp³-hybridized carbons (Fsp3) is 0.0435. The van der Waals surface area contributed by atoms with Gasteiger partial charge < -0.3 is 15.8 Å². The van der Waals surface area contributed by atoms with Crippen LogP contribution >= 0.6 is 11.6 Å². The minimum absolute atomic E-state index is 0.500. The van der Waals surface area contributed by atoms with E-state index in [0.29, 0.717) is 22.4 Å². The molecule has 1 heterocycles. The first-order chi connectivity index (χ1) is 14.1. The number of benzene rings is 3. The molecule has 144 valence electrons. The van der Waals surface area contributed by atoms with Crippen LogP contribution in [-0.4, -0.2) is 17.1 Å². The molecule has 6 heteroatoms. The van der Waals surface area contributed by atoms with Gasteiger partial charge >= 0.3 is 0 Å². The van der Waals surface area contributed by atoms with E-state index in [4.69, 9.17) is 22.1 Å². The van der Waals surface area contributed by atoms with Crippen LogP contribution in [0.25, 0.3) is 22.4 Å². The van der Waals surface area contributed by atoms with E-state index in [9.17, 15) is 0 Å². The third kappa shape index (κ3) is 4.31. The van der Waals surface area contributed by atoms with Gasteiger partial charge in [0.2, 0.25) is 5.95 Å². The normalized spacial score (nSPS) is 10.6. The fourth-order valence-electron chi connectivity index (χ4n) is 3.05. The Labute approximate surface area is 174 Å². The maximum Gasteiger partial charge on any atom is 0.227 e. The average Bonchev–Trinajstić information content (AvgIpc) is 2.74. The van der Waals surface area contributed by atoms with Gasteiger partial charge in [-0.3, -0.25) is 0 Å². The smallest absolute Gasteiger partial charge is 0.227 e. The van der Waals surface area contributed by atoms with E-state index in [0.717, 1.165) is 28.1 Å². The predicted octanol–water partition coefficient (Wildman–Crippen LogP) is 5.80. The van der Waals surface area contributed by atoms with Gasteiger partial charge in [-0.25, -0.2) is 9.97 Å². The molecule has 0 aliphatic rings. The molecule has 0 saturated carbocycles. The average molecular weight is 403 g/mol. The van der Waals surface area contributed by atoms with Crippen LogP contribution in [0.15, 0.2) is 79.0 Å². The molecule has 0 bridgehead atoms. The van der Waals surface area contributed by atoms with Crippen molar-refractivity contribution in [1.29, 1.82) is 0 Å².